The number of amidine groups is 1. The zero-order chi connectivity index (χ0) is 19.5. The van der Waals surface area contributed by atoms with Gasteiger partial charge in [0.25, 0.3) is 10.0 Å². The first-order valence-electron chi connectivity index (χ1n) is 7.13. The number of aryl methyl sites for hydroxylation is 2. The molecule has 1 heterocycles. The molecule has 0 amide bonds. The average molecular weight is 416 g/mol. The Kier molecular flexibility index (Phi) is 6.01. The van der Waals surface area contributed by atoms with Crippen molar-refractivity contribution in [3.05, 3.63) is 41.7 Å². The number of nitrogens with two attached hydrogens (primary N) is 1. The molecular weight excluding hydrogens is 398 g/mol. The molecule has 1 aromatic heterocycles. The highest BCUT2D eigenvalue weighted by atomic mass is 32.2. The Morgan fingerprint density at radius 2 is 1.62 bits per heavy atom. The molecule has 0 aliphatic heterocycles. The van der Waals surface area contributed by atoms with Crippen molar-refractivity contribution in [1.29, 1.82) is 0 Å². The lowest BCUT2D eigenvalue weighted by molar-refractivity contribution is 0.584. The Hall–Kier alpha value is -2.02. The highest BCUT2D eigenvalue weighted by Gasteiger charge is 2.24. The van der Waals surface area contributed by atoms with E-state index in [1.54, 1.807) is 26.2 Å². The van der Waals surface area contributed by atoms with Gasteiger partial charge < -0.3 is 5.32 Å². The molecule has 9 nitrogen and oxygen atoms in total. The summed E-state index contributed by atoms with van der Waals surface area (Å²) in [6.45, 7) is 3.55. The van der Waals surface area contributed by atoms with Gasteiger partial charge in [-0.05, 0) is 38.3 Å². The fourth-order valence-electron chi connectivity index (χ4n) is 2.05. The normalized spacial score (nSPS) is 12.8. The third-order valence-corrected chi connectivity index (χ3v) is 6.16. The van der Waals surface area contributed by atoms with Crippen LogP contribution < -0.4 is 10.5 Å². The van der Waals surface area contributed by atoms with Crippen LogP contribution in [0.25, 0.3) is 0 Å². The van der Waals surface area contributed by atoms with Crippen LogP contribution in [0.4, 0.5) is 5.95 Å². The molecule has 3 N–H and O–H groups in total. The third kappa shape index (κ3) is 5.00. The van der Waals surface area contributed by atoms with E-state index in [-0.39, 0.29) is 11.1 Å². The monoisotopic (exact) mass is 415 g/mol. The van der Waals surface area contributed by atoms with Crippen molar-refractivity contribution in [2.24, 2.45) is 9.54 Å². The summed E-state index contributed by atoms with van der Waals surface area (Å²) in [5, 5.41) is 7.80. The van der Waals surface area contributed by atoms with E-state index < -0.39 is 29.8 Å². The Balaban J connectivity index is 2.48. The van der Waals surface area contributed by atoms with Crippen molar-refractivity contribution in [1.82, 2.24) is 9.97 Å². The van der Waals surface area contributed by atoms with Crippen LogP contribution in [0.15, 0.2) is 44.5 Å². The molecule has 0 radical (unpaired) electrons. The molecule has 26 heavy (non-hydrogen) atoms. The van der Waals surface area contributed by atoms with Gasteiger partial charge in [0.15, 0.2) is 5.17 Å². The molecule has 0 saturated heterocycles. The number of sulfonamides is 2. The number of benzene rings is 1. The lowest BCUT2D eigenvalue weighted by Crippen LogP contribution is -2.18. The van der Waals surface area contributed by atoms with Gasteiger partial charge in [0, 0.05) is 11.4 Å². The number of anilines is 1. The van der Waals surface area contributed by atoms with Crippen molar-refractivity contribution in [3.8, 4) is 0 Å². The first-order chi connectivity index (χ1) is 12.0. The second-order valence-corrected chi connectivity index (χ2v) is 9.06. The van der Waals surface area contributed by atoms with Crippen LogP contribution in [-0.2, 0) is 20.0 Å². The summed E-state index contributed by atoms with van der Waals surface area (Å²) in [5.74, 6) is 0.186. The number of nitrogens with one attached hydrogen (secondary N) is 1. The van der Waals surface area contributed by atoms with E-state index >= 15 is 0 Å². The van der Waals surface area contributed by atoms with Gasteiger partial charge in [-0.3, -0.25) is 0 Å². The zero-order valence-corrected chi connectivity index (χ0v) is 16.6. The van der Waals surface area contributed by atoms with Crippen molar-refractivity contribution in [2.45, 2.75) is 23.6 Å². The first kappa shape index (κ1) is 20.3. The zero-order valence-electron chi connectivity index (χ0n) is 14.2. The molecule has 0 spiro atoms. The molecule has 1 aromatic carbocycles. The van der Waals surface area contributed by atoms with Crippen LogP contribution in [0.2, 0.25) is 0 Å². The number of rotatable bonds is 4. The highest BCUT2D eigenvalue weighted by Crippen LogP contribution is 2.22. The van der Waals surface area contributed by atoms with Crippen LogP contribution in [0.5, 0.6) is 0 Å². The number of hydrogen-bond donors (Lipinski definition) is 2. The van der Waals surface area contributed by atoms with Crippen molar-refractivity contribution in [3.63, 3.8) is 0 Å². The number of nitrogens with zero attached hydrogens (tertiary/aromatic N) is 3. The lowest BCUT2D eigenvalue weighted by atomic mass is 10.4. The predicted molar refractivity (Wildman–Crippen MR) is 101 cm³/mol. The molecule has 0 fully saturated rings. The third-order valence-electron chi connectivity index (χ3n) is 3.03. The lowest BCUT2D eigenvalue weighted by Gasteiger charge is -2.09. The SMILES string of the molecule is CSC(=NS(=O)(=O)c1ccccc1S(N)(=O)=O)Nc1nc(C)cc(C)n1. The van der Waals surface area contributed by atoms with Crippen LogP contribution in [0.1, 0.15) is 11.4 Å². The summed E-state index contributed by atoms with van der Waals surface area (Å²) in [6.07, 6.45) is 1.61. The molecule has 0 saturated carbocycles. The van der Waals surface area contributed by atoms with E-state index in [2.05, 4.69) is 19.7 Å². The van der Waals surface area contributed by atoms with E-state index in [9.17, 15) is 16.8 Å². The highest BCUT2D eigenvalue weighted by molar-refractivity contribution is 8.14. The van der Waals surface area contributed by atoms with E-state index in [4.69, 9.17) is 5.14 Å². The minimum absolute atomic E-state index is 0.0146. The molecule has 0 aliphatic rings. The minimum atomic E-state index is -4.34. The largest absolute Gasteiger partial charge is 0.303 e. The minimum Gasteiger partial charge on any atom is -0.303 e. The summed E-state index contributed by atoms with van der Waals surface area (Å²) in [6, 6.07) is 6.76. The molecule has 140 valence electrons. The van der Waals surface area contributed by atoms with Gasteiger partial charge in [-0.15, -0.1) is 4.40 Å². The Morgan fingerprint density at radius 3 is 2.12 bits per heavy atom. The van der Waals surface area contributed by atoms with Crippen LogP contribution in [-0.4, -0.2) is 38.2 Å². The fraction of sp³-hybridized carbons (Fsp3) is 0.214. The van der Waals surface area contributed by atoms with Crippen molar-refractivity contribution >= 4 is 42.9 Å². The molecule has 12 heteroatoms. The van der Waals surface area contributed by atoms with E-state index in [1.807, 2.05) is 0 Å². The maximum Gasteiger partial charge on any atom is 0.286 e. The summed E-state index contributed by atoms with van der Waals surface area (Å²) < 4.78 is 52.1. The quantitative estimate of drug-likeness (QED) is 0.561. The molecule has 0 aliphatic carbocycles. The second kappa shape index (κ2) is 7.70. The van der Waals surface area contributed by atoms with Gasteiger partial charge in [-0.1, -0.05) is 23.9 Å². The summed E-state index contributed by atoms with van der Waals surface area (Å²) in [7, 11) is -8.57. The molecule has 0 atom stereocenters. The first-order valence-corrected chi connectivity index (χ1v) is 11.3. The van der Waals surface area contributed by atoms with Crippen LogP contribution in [0.3, 0.4) is 0 Å². The number of aromatic nitrogens is 2. The van der Waals surface area contributed by atoms with Crippen LogP contribution in [0, 0.1) is 13.8 Å². The van der Waals surface area contributed by atoms with Crippen molar-refractivity contribution < 1.29 is 16.8 Å². The summed E-state index contributed by atoms with van der Waals surface area (Å²) in [5.41, 5.74) is 1.39. The van der Waals surface area contributed by atoms with Gasteiger partial charge in [0.1, 0.15) is 9.79 Å². The molecule has 0 bridgehead atoms. The summed E-state index contributed by atoms with van der Waals surface area (Å²) in [4.78, 5) is 7.28. The van der Waals surface area contributed by atoms with E-state index in [1.165, 1.54) is 12.1 Å². The smallest absolute Gasteiger partial charge is 0.286 e. The molecule has 2 rings (SSSR count). The Morgan fingerprint density at radius 1 is 1.08 bits per heavy atom. The fourth-order valence-corrected chi connectivity index (χ4v) is 5.05. The number of thioether (sulfide) groups is 1. The van der Waals surface area contributed by atoms with Gasteiger partial charge in [-0.2, -0.15) is 8.42 Å². The van der Waals surface area contributed by atoms with E-state index in [0.29, 0.717) is 11.4 Å². The van der Waals surface area contributed by atoms with Gasteiger partial charge in [0.05, 0.1) is 0 Å². The average Bonchev–Trinajstić information content (AvgIpc) is 2.52. The standard InChI is InChI=1S/C14H17N5O4S3/c1-9-8-10(2)17-13(16-9)18-14(24-3)19-26(22,23)12-7-5-4-6-11(12)25(15,20)21/h4-8H,1-3H3,(H2,15,20,21)(H,16,17,18,19). The van der Waals surface area contributed by atoms with Gasteiger partial charge >= 0.3 is 0 Å². The number of primary sulfonamides is 1. The second-order valence-electron chi connectivity index (χ2n) is 5.17. The maximum atomic E-state index is 12.6. The Bertz CT molecular complexity index is 1050. The van der Waals surface area contributed by atoms with Crippen LogP contribution >= 0.6 is 11.8 Å². The van der Waals surface area contributed by atoms with E-state index in [0.717, 1.165) is 23.9 Å². The Labute approximate surface area is 156 Å². The van der Waals surface area contributed by atoms with Gasteiger partial charge in [-0.25, -0.2) is 23.5 Å². The van der Waals surface area contributed by atoms with Gasteiger partial charge in [0.2, 0.25) is 16.0 Å². The van der Waals surface area contributed by atoms with Crippen molar-refractivity contribution in [2.75, 3.05) is 11.6 Å². The summed E-state index contributed by atoms with van der Waals surface area (Å²) >= 11 is 1.01. The predicted octanol–water partition coefficient (Wildman–Crippen LogP) is 1.26. The molecular formula is C14H17N5O4S3. The molecule has 0 unspecified atom stereocenters. The topological polar surface area (TPSA) is 144 Å². The number of hydrogen-bond acceptors (Lipinski definition) is 7. The molecule has 2 aromatic rings. The maximum absolute atomic E-state index is 12.6.